The van der Waals surface area contributed by atoms with Crippen molar-refractivity contribution in [2.75, 3.05) is 19.6 Å². The molecule has 1 saturated carbocycles. The van der Waals surface area contributed by atoms with E-state index in [4.69, 9.17) is 4.99 Å². The fraction of sp³-hybridized carbons (Fsp3) is 0.600. The van der Waals surface area contributed by atoms with Gasteiger partial charge in [0.25, 0.3) is 0 Å². The highest BCUT2D eigenvalue weighted by atomic mass is 19.1. The van der Waals surface area contributed by atoms with Crippen molar-refractivity contribution >= 4 is 11.7 Å². The zero-order valence-electron chi connectivity index (χ0n) is 21.8. The Morgan fingerprint density at radius 1 is 1.14 bits per heavy atom. The highest BCUT2D eigenvalue weighted by molar-refractivity contribution is 5.87. The highest BCUT2D eigenvalue weighted by Gasteiger charge is 2.34. The number of benzene rings is 1. The lowest BCUT2D eigenvalue weighted by Crippen LogP contribution is -2.50. The van der Waals surface area contributed by atoms with Crippen LogP contribution < -0.4 is 10.6 Å². The first-order valence-electron chi connectivity index (χ1n) is 13.9. The zero-order chi connectivity index (χ0) is 25.1. The summed E-state index contributed by atoms with van der Waals surface area (Å²) in [7, 11) is 0. The molecule has 0 radical (unpaired) electrons. The minimum atomic E-state index is -0.166. The average molecular weight is 493 g/mol. The van der Waals surface area contributed by atoms with Gasteiger partial charge < -0.3 is 15.5 Å². The maximum absolute atomic E-state index is 13.3. The van der Waals surface area contributed by atoms with Gasteiger partial charge in [0.15, 0.2) is 0 Å². The molecule has 5 nitrogen and oxygen atoms in total. The average Bonchev–Trinajstić information content (AvgIpc) is 3.14. The molecule has 194 valence electrons. The van der Waals surface area contributed by atoms with Gasteiger partial charge in [0.1, 0.15) is 5.82 Å². The van der Waals surface area contributed by atoms with Gasteiger partial charge in [-0.1, -0.05) is 38.0 Å². The van der Waals surface area contributed by atoms with Crippen LogP contribution in [0.25, 0.3) is 0 Å². The number of hydrogen-bond acceptors (Lipinski definition) is 3. The minimum absolute atomic E-state index is 0.0965. The van der Waals surface area contributed by atoms with Crippen molar-refractivity contribution in [2.24, 2.45) is 28.7 Å². The number of allylic oxidation sites excluding steroid dienone is 1. The van der Waals surface area contributed by atoms with Crippen molar-refractivity contribution in [3.63, 3.8) is 0 Å². The number of carbonyl (C=O) groups excluding carboxylic acids is 1. The van der Waals surface area contributed by atoms with Crippen LogP contribution in [-0.4, -0.2) is 48.4 Å². The van der Waals surface area contributed by atoms with Gasteiger partial charge in [0, 0.05) is 42.4 Å². The summed E-state index contributed by atoms with van der Waals surface area (Å²) in [4.78, 5) is 20.3. The van der Waals surface area contributed by atoms with Crippen LogP contribution in [0, 0.1) is 29.5 Å². The summed E-state index contributed by atoms with van der Waals surface area (Å²) < 4.78 is 13.3. The lowest BCUT2D eigenvalue weighted by Gasteiger charge is -2.39. The smallest absolute Gasteiger partial charge is 0.319 e. The van der Waals surface area contributed by atoms with Crippen molar-refractivity contribution in [1.29, 1.82) is 0 Å². The summed E-state index contributed by atoms with van der Waals surface area (Å²) in [6.07, 6.45) is 14.4. The Kier molecular flexibility index (Phi) is 7.90. The maximum Gasteiger partial charge on any atom is 0.319 e. The summed E-state index contributed by atoms with van der Waals surface area (Å²) in [6.45, 7) is 7.59. The zero-order valence-corrected chi connectivity index (χ0v) is 21.8. The lowest BCUT2D eigenvalue weighted by molar-refractivity contribution is 0.122. The number of nitrogens with one attached hydrogen (secondary N) is 2. The molecule has 6 atom stereocenters. The van der Waals surface area contributed by atoms with Crippen LogP contribution in [0.2, 0.25) is 0 Å². The number of halogens is 1. The van der Waals surface area contributed by atoms with E-state index >= 15 is 0 Å². The number of urea groups is 1. The third-order valence-electron chi connectivity index (χ3n) is 8.85. The molecule has 36 heavy (non-hydrogen) atoms. The molecule has 2 heterocycles. The van der Waals surface area contributed by atoms with E-state index in [9.17, 15) is 9.18 Å². The Hall–Kier alpha value is -2.47. The van der Waals surface area contributed by atoms with Crippen LogP contribution in [0.1, 0.15) is 57.9 Å². The first-order chi connectivity index (χ1) is 17.4. The number of hydrogen-bond donors (Lipinski definition) is 2. The first kappa shape index (κ1) is 25.2. The number of aliphatic imine (C=N–C) groups is 1. The number of piperidine rings is 1. The fourth-order valence-corrected chi connectivity index (χ4v) is 6.70. The molecular formula is C30H41FN4O. The lowest BCUT2D eigenvalue weighted by atomic mass is 9.83. The quantitative estimate of drug-likeness (QED) is 0.552. The normalized spacial score (nSPS) is 32.4. The minimum Gasteiger partial charge on any atom is -0.335 e. The number of nitrogens with zero attached hydrogens (tertiary/aromatic N) is 2. The Bertz CT molecular complexity index is 1020. The van der Waals surface area contributed by atoms with Crippen molar-refractivity contribution in [2.45, 2.75) is 70.9 Å². The van der Waals surface area contributed by atoms with Gasteiger partial charge in [-0.25, -0.2) is 9.18 Å². The number of amides is 2. The molecule has 0 bridgehead atoms. The van der Waals surface area contributed by atoms with Gasteiger partial charge in [0.05, 0.1) is 6.04 Å². The number of likely N-dealkylation sites (tertiary alicyclic amines) is 1. The second kappa shape index (κ2) is 11.3. The van der Waals surface area contributed by atoms with E-state index in [1.54, 1.807) is 12.1 Å². The third kappa shape index (κ3) is 6.08. The van der Waals surface area contributed by atoms with E-state index in [1.165, 1.54) is 43.4 Å². The van der Waals surface area contributed by atoms with E-state index in [2.05, 4.69) is 41.5 Å². The van der Waals surface area contributed by atoms with Crippen LogP contribution in [0.4, 0.5) is 9.18 Å². The molecule has 6 heteroatoms. The van der Waals surface area contributed by atoms with Gasteiger partial charge >= 0.3 is 6.03 Å². The predicted molar refractivity (Wildman–Crippen MR) is 143 cm³/mol. The largest absolute Gasteiger partial charge is 0.335 e. The van der Waals surface area contributed by atoms with Gasteiger partial charge in [-0.05, 0) is 87.3 Å². The Morgan fingerprint density at radius 3 is 2.78 bits per heavy atom. The van der Waals surface area contributed by atoms with Crippen molar-refractivity contribution in [3.05, 3.63) is 59.6 Å². The van der Waals surface area contributed by atoms with Crippen molar-refractivity contribution in [3.8, 4) is 0 Å². The standard InChI is InChI=1S/C30H41FN4O/c1-20-21(2)32-29-17-26(13-14-27(20)29)33-30(36)34-28-8-4-3-7-24(28)19-35-15-5-6-23(18-35)16-22-9-11-25(31)12-10-22/h9-14,17,20,23-24,27-29H,3-8,15-16,18-19H2,1-2H3,(H2,33,34,36)/t20?,23-,24-,27?,28+,29?/m0/s1. The Labute approximate surface area is 215 Å². The fourth-order valence-electron chi connectivity index (χ4n) is 6.70. The number of rotatable bonds is 6. The number of carbonyl (C=O) groups is 1. The first-order valence-corrected chi connectivity index (χ1v) is 13.9. The molecule has 1 aromatic rings. The monoisotopic (exact) mass is 492 g/mol. The highest BCUT2D eigenvalue weighted by Crippen LogP contribution is 2.33. The summed E-state index contributed by atoms with van der Waals surface area (Å²) in [5.74, 6) is 1.81. The van der Waals surface area contributed by atoms with Crippen LogP contribution >= 0.6 is 0 Å². The summed E-state index contributed by atoms with van der Waals surface area (Å²) in [6, 6.07) is 7.24. The molecule has 4 aliphatic rings. The molecule has 0 aromatic heterocycles. The summed E-state index contributed by atoms with van der Waals surface area (Å²) in [5, 5.41) is 6.40. The van der Waals surface area contributed by atoms with Crippen LogP contribution in [0.5, 0.6) is 0 Å². The van der Waals surface area contributed by atoms with Crippen molar-refractivity contribution in [1.82, 2.24) is 15.5 Å². The second-order valence-electron chi connectivity index (χ2n) is 11.5. The van der Waals surface area contributed by atoms with Gasteiger partial charge in [-0.15, -0.1) is 0 Å². The molecule has 2 aliphatic carbocycles. The molecule has 2 N–H and O–H groups in total. The second-order valence-corrected chi connectivity index (χ2v) is 11.5. The summed E-state index contributed by atoms with van der Waals surface area (Å²) >= 11 is 0. The predicted octanol–water partition coefficient (Wildman–Crippen LogP) is 5.49. The molecule has 5 rings (SSSR count). The van der Waals surface area contributed by atoms with Crippen LogP contribution in [0.15, 0.2) is 53.2 Å². The van der Waals surface area contributed by atoms with E-state index in [0.717, 1.165) is 38.2 Å². The van der Waals surface area contributed by atoms with Crippen LogP contribution in [0.3, 0.4) is 0 Å². The SMILES string of the molecule is CC1=NC2C=C(NC(=O)N[C@@H]3CCCC[C@H]3CN3CCC[C@@H](Cc4ccc(F)cc4)C3)C=CC2C1C. The van der Waals surface area contributed by atoms with E-state index in [0.29, 0.717) is 23.7 Å². The van der Waals surface area contributed by atoms with Gasteiger partial charge in [-0.3, -0.25) is 4.99 Å². The molecule has 2 amide bonds. The molecule has 0 spiro atoms. The van der Waals surface area contributed by atoms with Gasteiger partial charge in [0.2, 0.25) is 0 Å². The molecular weight excluding hydrogens is 451 g/mol. The maximum atomic E-state index is 13.3. The molecule has 2 aliphatic heterocycles. The third-order valence-corrected chi connectivity index (χ3v) is 8.85. The van der Waals surface area contributed by atoms with E-state index < -0.39 is 0 Å². The van der Waals surface area contributed by atoms with E-state index in [1.807, 2.05) is 18.2 Å². The Morgan fingerprint density at radius 2 is 1.94 bits per heavy atom. The van der Waals surface area contributed by atoms with E-state index in [-0.39, 0.29) is 23.9 Å². The van der Waals surface area contributed by atoms with Gasteiger partial charge in [-0.2, -0.15) is 0 Å². The van der Waals surface area contributed by atoms with Crippen molar-refractivity contribution < 1.29 is 9.18 Å². The summed E-state index contributed by atoms with van der Waals surface area (Å²) in [5.41, 5.74) is 3.27. The molecule has 2 fully saturated rings. The molecule has 1 saturated heterocycles. The molecule has 1 aromatic carbocycles. The topological polar surface area (TPSA) is 56.7 Å². The number of fused-ring (bicyclic) bond motifs is 1. The van der Waals surface area contributed by atoms with Crippen LogP contribution in [-0.2, 0) is 6.42 Å². The Balaban J connectivity index is 1.13. The molecule has 3 unspecified atom stereocenters.